The van der Waals surface area contributed by atoms with Gasteiger partial charge in [0.25, 0.3) is 0 Å². The maximum absolute atomic E-state index is 5.84. The summed E-state index contributed by atoms with van der Waals surface area (Å²) in [5, 5.41) is 5.46. The van der Waals surface area contributed by atoms with E-state index in [1.54, 1.807) is 14.2 Å². The second kappa shape index (κ2) is 5.69. The molecule has 20 heavy (non-hydrogen) atoms. The van der Waals surface area contributed by atoms with E-state index in [1.807, 2.05) is 12.1 Å². The van der Waals surface area contributed by atoms with E-state index in [9.17, 15) is 0 Å². The number of benzene rings is 2. The molecule has 2 aromatic rings. The van der Waals surface area contributed by atoms with Crippen LogP contribution in [0.3, 0.4) is 0 Å². The number of morpholine rings is 1. The first-order chi connectivity index (χ1) is 9.85. The summed E-state index contributed by atoms with van der Waals surface area (Å²) in [7, 11) is 3.39. The molecule has 4 nitrogen and oxygen atoms in total. The Balaban J connectivity index is 2.14. The Hall–Kier alpha value is -1.78. The Morgan fingerprint density at radius 2 is 2.00 bits per heavy atom. The predicted octanol–water partition coefficient (Wildman–Crippen LogP) is 2.52. The molecule has 0 amide bonds. The molecule has 1 unspecified atom stereocenters. The second-order valence-electron chi connectivity index (χ2n) is 4.81. The minimum atomic E-state index is 0.0364. The molecule has 1 fully saturated rings. The quantitative estimate of drug-likeness (QED) is 0.933. The van der Waals surface area contributed by atoms with E-state index in [-0.39, 0.29) is 6.10 Å². The Kier molecular flexibility index (Phi) is 3.76. The van der Waals surface area contributed by atoms with Crippen LogP contribution in [0, 0.1) is 0 Å². The average Bonchev–Trinajstić information content (AvgIpc) is 2.53. The molecule has 0 aromatic heterocycles. The molecule has 106 valence electrons. The lowest BCUT2D eigenvalue weighted by molar-refractivity contribution is 0.0264. The van der Waals surface area contributed by atoms with E-state index in [2.05, 4.69) is 23.5 Å². The SMILES string of the molecule is COc1cccc2c(OC)c(C3CNCCO3)ccc12. The number of hydrogen-bond acceptors (Lipinski definition) is 4. The smallest absolute Gasteiger partial charge is 0.132 e. The van der Waals surface area contributed by atoms with Crippen LogP contribution >= 0.6 is 0 Å². The molecular formula is C16H19NO3. The van der Waals surface area contributed by atoms with Crippen LogP contribution in [0.25, 0.3) is 10.8 Å². The van der Waals surface area contributed by atoms with Crippen molar-refractivity contribution in [2.24, 2.45) is 0 Å². The highest BCUT2D eigenvalue weighted by Gasteiger charge is 2.21. The van der Waals surface area contributed by atoms with Gasteiger partial charge < -0.3 is 19.5 Å². The van der Waals surface area contributed by atoms with Crippen molar-refractivity contribution in [2.45, 2.75) is 6.10 Å². The molecule has 1 heterocycles. The highest BCUT2D eigenvalue weighted by atomic mass is 16.5. The third kappa shape index (κ3) is 2.21. The number of ether oxygens (including phenoxy) is 3. The van der Waals surface area contributed by atoms with E-state index in [0.29, 0.717) is 0 Å². The highest BCUT2D eigenvalue weighted by molar-refractivity contribution is 5.94. The van der Waals surface area contributed by atoms with Crippen LogP contribution in [-0.2, 0) is 4.74 Å². The van der Waals surface area contributed by atoms with E-state index in [0.717, 1.165) is 47.5 Å². The van der Waals surface area contributed by atoms with Gasteiger partial charge in [0.1, 0.15) is 11.5 Å². The fourth-order valence-corrected chi connectivity index (χ4v) is 2.74. The molecule has 2 aromatic carbocycles. The third-order valence-corrected chi connectivity index (χ3v) is 3.70. The van der Waals surface area contributed by atoms with Crippen LogP contribution in [0.1, 0.15) is 11.7 Å². The van der Waals surface area contributed by atoms with Gasteiger partial charge in [0.15, 0.2) is 0 Å². The van der Waals surface area contributed by atoms with Gasteiger partial charge in [0, 0.05) is 29.4 Å². The summed E-state index contributed by atoms with van der Waals surface area (Å²) >= 11 is 0. The maximum Gasteiger partial charge on any atom is 0.132 e. The zero-order valence-electron chi connectivity index (χ0n) is 11.8. The number of hydrogen-bond donors (Lipinski definition) is 1. The molecular weight excluding hydrogens is 254 g/mol. The van der Waals surface area contributed by atoms with Crippen molar-refractivity contribution >= 4 is 10.8 Å². The van der Waals surface area contributed by atoms with Crippen LogP contribution in [-0.4, -0.2) is 33.9 Å². The van der Waals surface area contributed by atoms with Gasteiger partial charge in [0.2, 0.25) is 0 Å². The molecule has 1 atom stereocenters. The molecule has 0 spiro atoms. The molecule has 3 rings (SSSR count). The van der Waals surface area contributed by atoms with E-state index >= 15 is 0 Å². The van der Waals surface area contributed by atoms with Crippen molar-refractivity contribution < 1.29 is 14.2 Å². The summed E-state index contributed by atoms with van der Waals surface area (Å²) in [4.78, 5) is 0. The van der Waals surface area contributed by atoms with Crippen molar-refractivity contribution in [3.05, 3.63) is 35.9 Å². The minimum Gasteiger partial charge on any atom is -0.496 e. The van der Waals surface area contributed by atoms with E-state index in [4.69, 9.17) is 14.2 Å². The zero-order chi connectivity index (χ0) is 13.9. The number of fused-ring (bicyclic) bond motifs is 1. The van der Waals surface area contributed by atoms with Crippen molar-refractivity contribution in [3.63, 3.8) is 0 Å². The fourth-order valence-electron chi connectivity index (χ4n) is 2.74. The van der Waals surface area contributed by atoms with Gasteiger partial charge in [-0.25, -0.2) is 0 Å². The summed E-state index contributed by atoms with van der Waals surface area (Å²) in [6, 6.07) is 10.1. The summed E-state index contributed by atoms with van der Waals surface area (Å²) < 4.78 is 16.9. The van der Waals surface area contributed by atoms with Crippen LogP contribution < -0.4 is 14.8 Å². The van der Waals surface area contributed by atoms with Crippen molar-refractivity contribution in [2.75, 3.05) is 33.9 Å². The minimum absolute atomic E-state index is 0.0364. The molecule has 0 aliphatic carbocycles. The predicted molar refractivity (Wildman–Crippen MR) is 78.6 cm³/mol. The number of nitrogens with one attached hydrogen (secondary N) is 1. The van der Waals surface area contributed by atoms with Crippen LogP contribution in [0.2, 0.25) is 0 Å². The lowest BCUT2D eigenvalue weighted by Gasteiger charge is -2.26. The lowest BCUT2D eigenvalue weighted by Crippen LogP contribution is -2.33. The summed E-state index contributed by atoms with van der Waals surface area (Å²) in [6.45, 7) is 2.44. The normalized spacial score (nSPS) is 19.0. The maximum atomic E-state index is 5.84. The highest BCUT2D eigenvalue weighted by Crippen LogP contribution is 2.38. The monoisotopic (exact) mass is 273 g/mol. The first-order valence-electron chi connectivity index (χ1n) is 6.81. The molecule has 1 N–H and O–H groups in total. The lowest BCUT2D eigenvalue weighted by atomic mass is 10.0. The Morgan fingerprint density at radius 1 is 1.10 bits per heavy atom. The van der Waals surface area contributed by atoms with Crippen LogP contribution in [0.15, 0.2) is 30.3 Å². The summed E-state index contributed by atoms with van der Waals surface area (Å²) in [6.07, 6.45) is 0.0364. The molecule has 0 saturated carbocycles. The third-order valence-electron chi connectivity index (χ3n) is 3.70. The standard InChI is InChI=1S/C16H19NO3/c1-18-14-5-3-4-12-11(14)6-7-13(16(12)19-2)15-10-17-8-9-20-15/h3-7,15,17H,8-10H2,1-2H3. The van der Waals surface area contributed by atoms with Gasteiger partial charge in [-0.2, -0.15) is 0 Å². The van der Waals surface area contributed by atoms with Crippen molar-refractivity contribution in [1.82, 2.24) is 5.32 Å². The Morgan fingerprint density at radius 3 is 2.70 bits per heavy atom. The zero-order valence-corrected chi connectivity index (χ0v) is 11.8. The van der Waals surface area contributed by atoms with Gasteiger partial charge in [0.05, 0.1) is 26.9 Å². The number of methoxy groups -OCH3 is 2. The Bertz CT molecular complexity index is 606. The van der Waals surface area contributed by atoms with Gasteiger partial charge in [-0.1, -0.05) is 24.3 Å². The topological polar surface area (TPSA) is 39.7 Å². The largest absolute Gasteiger partial charge is 0.496 e. The fraction of sp³-hybridized carbons (Fsp3) is 0.375. The van der Waals surface area contributed by atoms with Crippen molar-refractivity contribution in [3.8, 4) is 11.5 Å². The number of rotatable bonds is 3. The molecule has 4 heteroatoms. The molecule has 0 bridgehead atoms. The van der Waals surface area contributed by atoms with Gasteiger partial charge in [-0.05, 0) is 6.07 Å². The van der Waals surface area contributed by atoms with Gasteiger partial charge in [-0.15, -0.1) is 0 Å². The Labute approximate surface area is 118 Å². The molecule has 0 radical (unpaired) electrons. The summed E-state index contributed by atoms with van der Waals surface area (Å²) in [5.41, 5.74) is 1.08. The molecule has 1 saturated heterocycles. The second-order valence-corrected chi connectivity index (χ2v) is 4.81. The van der Waals surface area contributed by atoms with E-state index in [1.165, 1.54) is 0 Å². The van der Waals surface area contributed by atoms with Gasteiger partial charge >= 0.3 is 0 Å². The first-order valence-corrected chi connectivity index (χ1v) is 6.81. The summed E-state index contributed by atoms with van der Waals surface area (Å²) in [5.74, 6) is 1.73. The van der Waals surface area contributed by atoms with Crippen molar-refractivity contribution in [1.29, 1.82) is 0 Å². The van der Waals surface area contributed by atoms with Gasteiger partial charge in [-0.3, -0.25) is 0 Å². The molecule has 1 aliphatic rings. The first kappa shape index (κ1) is 13.2. The average molecular weight is 273 g/mol. The van der Waals surface area contributed by atoms with Crippen LogP contribution in [0.4, 0.5) is 0 Å². The molecule has 1 aliphatic heterocycles. The van der Waals surface area contributed by atoms with Crippen LogP contribution in [0.5, 0.6) is 11.5 Å². The van der Waals surface area contributed by atoms with E-state index < -0.39 is 0 Å².